The van der Waals surface area contributed by atoms with Gasteiger partial charge in [0, 0.05) is 25.1 Å². The largest absolute Gasteiger partial charge is 0.494 e. The Hall–Kier alpha value is -1.59. The van der Waals surface area contributed by atoms with Gasteiger partial charge in [-0.05, 0) is 70.0 Å². The molecular weight excluding hydrogens is 340 g/mol. The smallest absolute Gasteiger partial charge is 0.222 e. The van der Waals surface area contributed by atoms with E-state index in [0.717, 1.165) is 38.2 Å². The summed E-state index contributed by atoms with van der Waals surface area (Å²) in [5.74, 6) is 1.71. The molecule has 0 saturated carbocycles. The molecular formula is C19H29ClN2O3. The van der Waals surface area contributed by atoms with E-state index in [1.165, 1.54) is 0 Å². The molecule has 140 valence electrons. The summed E-state index contributed by atoms with van der Waals surface area (Å²) in [6.07, 6.45) is 3.42. The van der Waals surface area contributed by atoms with Crippen LogP contribution >= 0.6 is 12.4 Å². The van der Waals surface area contributed by atoms with Crippen molar-refractivity contribution in [1.82, 2.24) is 10.2 Å². The first-order valence-electron chi connectivity index (χ1n) is 8.76. The normalized spacial score (nSPS) is 14.7. The number of rotatable bonds is 8. The van der Waals surface area contributed by atoms with Crippen molar-refractivity contribution in [2.45, 2.75) is 32.6 Å². The SMILES string of the molecule is CNCC1CCN(C(=O)CCCOc2ccc(C(C)=O)cc2)CC1.Cl. The monoisotopic (exact) mass is 368 g/mol. The van der Waals surface area contributed by atoms with Gasteiger partial charge in [0.25, 0.3) is 0 Å². The molecule has 5 nitrogen and oxygen atoms in total. The highest BCUT2D eigenvalue weighted by molar-refractivity contribution is 5.94. The lowest BCUT2D eigenvalue weighted by molar-refractivity contribution is -0.132. The van der Waals surface area contributed by atoms with E-state index in [-0.39, 0.29) is 24.1 Å². The fourth-order valence-corrected chi connectivity index (χ4v) is 3.03. The van der Waals surface area contributed by atoms with Crippen molar-refractivity contribution in [3.05, 3.63) is 29.8 Å². The molecule has 1 aliphatic rings. The van der Waals surface area contributed by atoms with Crippen LogP contribution in [0.4, 0.5) is 0 Å². The summed E-state index contributed by atoms with van der Waals surface area (Å²) in [6.45, 7) is 4.85. The number of piperidine rings is 1. The number of carbonyl (C=O) groups is 2. The van der Waals surface area contributed by atoms with E-state index in [1.54, 1.807) is 31.2 Å². The van der Waals surface area contributed by atoms with Crippen molar-refractivity contribution in [2.24, 2.45) is 5.92 Å². The maximum atomic E-state index is 12.2. The minimum Gasteiger partial charge on any atom is -0.494 e. The number of Topliss-reactive ketones (excluding diaryl/α,β-unsaturated/α-hetero) is 1. The minimum atomic E-state index is 0. The van der Waals surface area contributed by atoms with Gasteiger partial charge >= 0.3 is 0 Å². The molecule has 2 rings (SSSR count). The van der Waals surface area contributed by atoms with E-state index >= 15 is 0 Å². The zero-order chi connectivity index (χ0) is 17.4. The summed E-state index contributed by atoms with van der Waals surface area (Å²) >= 11 is 0. The van der Waals surface area contributed by atoms with Gasteiger partial charge < -0.3 is 15.0 Å². The molecule has 1 amide bonds. The molecule has 6 heteroatoms. The Bertz CT molecular complexity index is 540. The van der Waals surface area contributed by atoms with Crippen LogP contribution in [0.15, 0.2) is 24.3 Å². The van der Waals surface area contributed by atoms with Crippen LogP contribution in [0.2, 0.25) is 0 Å². The van der Waals surface area contributed by atoms with Crippen LogP contribution in [0, 0.1) is 5.92 Å². The Morgan fingerprint density at radius 3 is 2.40 bits per heavy atom. The zero-order valence-corrected chi connectivity index (χ0v) is 15.9. The molecule has 1 saturated heterocycles. The zero-order valence-electron chi connectivity index (χ0n) is 15.1. The van der Waals surface area contributed by atoms with Crippen molar-refractivity contribution in [1.29, 1.82) is 0 Å². The third-order valence-corrected chi connectivity index (χ3v) is 4.52. The Morgan fingerprint density at radius 2 is 1.84 bits per heavy atom. The van der Waals surface area contributed by atoms with Crippen LogP contribution in [0.25, 0.3) is 0 Å². The number of ketones is 1. The van der Waals surface area contributed by atoms with Crippen LogP contribution < -0.4 is 10.1 Å². The topological polar surface area (TPSA) is 58.6 Å². The second-order valence-electron chi connectivity index (χ2n) is 6.41. The fourth-order valence-electron chi connectivity index (χ4n) is 3.03. The van der Waals surface area contributed by atoms with Crippen LogP contribution in [0.3, 0.4) is 0 Å². The van der Waals surface area contributed by atoms with Gasteiger partial charge in [0.05, 0.1) is 6.61 Å². The number of hydrogen-bond acceptors (Lipinski definition) is 4. The Labute approximate surface area is 156 Å². The number of amides is 1. The van der Waals surface area contributed by atoms with E-state index in [4.69, 9.17) is 4.74 Å². The van der Waals surface area contributed by atoms with E-state index < -0.39 is 0 Å². The maximum Gasteiger partial charge on any atom is 0.222 e. The minimum absolute atomic E-state index is 0. The molecule has 0 aliphatic carbocycles. The lowest BCUT2D eigenvalue weighted by Crippen LogP contribution is -2.40. The Morgan fingerprint density at radius 1 is 1.20 bits per heavy atom. The quantitative estimate of drug-likeness (QED) is 0.566. The van der Waals surface area contributed by atoms with E-state index in [9.17, 15) is 9.59 Å². The average molecular weight is 369 g/mol. The number of ether oxygens (including phenoxy) is 1. The Balaban J connectivity index is 0.00000312. The van der Waals surface area contributed by atoms with Crippen molar-refractivity contribution in [2.75, 3.05) is 33.3 Å². The molecule has 1 aromatic rings. The number of benzene rings is 1. The number of nitrogens with one attached hydrogen (secondary N) is 1. The second kappa shape index (κ2) is 11.1. The first-order valence-corrected chi connectivity index (χ1v) is 8.76. The van der Waals surface area contributed by atoms with E-state index in [2.05, 4.69) is 5.32 Å². The van der Waals surface area contributed by atoms with Gasteiger partial charge in [0.15, 0.2) is 5.78 Å². The Kier molecular flexibility index (Phi) is 9.53. The molecule has 0 atom stereocenters. The highest BCUT2D eigenvalue weighted by Gasteiger charge is 2.21. The molecule has 0 bridgehead atoms. The summed E-state index contributed by atoms with van der Waals surface area (Å²) in [5.41, 5.74) is 0.680. The number of carbonyl (C=O) groups excluding carboxylic acids is 2. The standard InChI is InChI=1S/C19H28N2O3.ClH/c1-15(22)17-5-7-18(8-6-17)24-13-3-4-19(23)21-11-9-16(10-12-21)14-20-2;/h5-8,16,20H,3-4,9-14H2,1-2H3;1H. The molecule has 1 aromatic carbocycles. The van der Waals surface area contributed by atoms with Crippen molar-refractivity contribution < 1.29 is 14.3 Å². The predicted molar refractivity (Wildman–Crippen MR) is 102 cm³/mol. The molecule has 25 heavy (non-hydrogen) atoms. The fraction of sp³-hybridized carbons (Fsp3) is 0.579. The second-order valence-corrected chi connectivity index (χ2v) is 6.41. The van der Waals surface area contributed by atoms with E-state index in [0.29, 0.717) is 30.9 Å². The van der Waals surface area contributed by atoms with Gasteiger partial charge in [0.1, 0.15) is 5.75 Å². The third kappa shape index (κ3) is 7.04. The molecule has 1 heterocycles. The number of hydrogen-bond donors (Lipinski definition) is 1. The number of halogens is 1. The molecule has 1 N–H and O–H groups in total. The lowest BCUT2D eigenvalue weighted by atomic mass is 9.96. The van der Waals surface area contributed by atoms with Crippen molar-refractivity contribution in [3.63, 3.8) is 0 Å². The highest BCUT2D eigenvalue weighted by atomic mass is 35.5. The summed E-state index contributed by atoms with van der Waals surface area (Å²) in [5, 5.41) is 3.21. The molecule has 0 spiro atoms. The van der Waals surface area contributed by atoms with E-state index in [1.807, 2.05) is 11.9 Å². The van der Waals surface area contributed by atoms with Gasteiger partial charge in [0.2, 0.25) is 5.91 Å². The lowest BCUT2D eigenvalue weighted by Gasteiger charge is -2.32. The number of nitrogens with zero attached hydrogens (tertiary/aromatic N) is 1. The molecule has 0 radical (unpaired) electrons. The highest BCUT2D eigenvalue weighted by Crippen LogP contribution is 2.17. The van der Waals surface area contributed by atoms with Gasteiger partial charge in [-0.15, -0.1) is 12.4 Å². The summed E-state index contributed by atoms with van der Waals surface area (Å²) in [7, 11) is 1.98. The predicted octanol–water partition coefficient (Wildman–Crippen LogP) is 2.93. The maximum absolute atomic E-state index is 12.2. The molecule has 1 aliphatic heterocycles. The van der Waals surface area contributed by atoms with Crippen molar-refractivity contribution >= 4 is 24.1 Å². The molecule has 1 fully saturated rings. The number of likely N-dealkylation sites (tertiary alicyclic amines) is 1. The average Bonchev–Trinajstić information content (AvgIpc) is 2.60. The summed E-state index contributed by atoms with van der Waals surface area (Å²) in [4.78, 5) is 25.4. The van der Waals surface area contributed by atoms with Crippen molar-refractivity contribution in [3.8, 4) is 5.75 Å². The molecule has 0 unspecified atom stereocenters. The summed E-state index contributed by atoms with van der Waals surface area (Å²) in [6, 6.07) is 7.12. The van der Waals surface area contributed by atoms with Crippen LogP contribution in [0.1, 0.15) is 43.0 Å². The third-order valence-electron chi connectivity index (χ3n) is 4.52. The summed E-state index contributed by atoms with van der Waals surface area (Å²) < 4.78 is 5.64. The first-order chi connectivity index (χ1) is 11.6. The van der Waals surface area contributed by atoms with Crippen LogP contribution in [0.5, 0.6) is 5.75 Å². The molecule has 0 aromatic heterocycles. The van der Waals surface area contributed by atoms with Crippen LogP contribution in [-0.4, -0.2) is 49.9 Å². The van der Waals surface area contributed by atoms with Gasteiger partial charge in [-0.2, -0.15) is 0 Å². The first kappa shape index (κ1) is 21.5. The van der Waals surface area contributed by atoms with Gasteiger partial charge in [-0.25, -0.2) is 0 Å². The van der Waals surface area contributed by atoms with Gasteiger partial charge in [-0.3, -0.25) is 9.59 Å². The van der Waals surface area contributed by atoms with Gasteiger partial charge in [-0.1, -0.05) is 0 Å². The van der Waals surface area contributed by atoms with Crippen LogP contribution in [-0.2, 0) is 4.79 Å².